The Morgan fingerprint density at radius 1 is 1.53 bits per heavy atom. The third-order valence-corrected chi connectivity index (χ3v) is 2.91. The fraction of sp³-hybridized carbons (Fsp3) is 0.500. The Bertz CT molecular complexity index is 378. The van der Waals surface area contributed by atoms with Crippen LogP contribution in [0.2, 0.25) is 0 Å². The van der Waals surface area contributed by atoms with Crippen molar-refractivity contribution in [2.45, 2.75) is 26.4 Å². The molecule has 0 aromatic carbocycles. The molecular formula is C10H15N3O3S. The maximum Gasteiger partial charge on any atom is 0.326 e. The fourth-order valence-corrected chi connectivity index (χ4v) is 1.74. The van der Waals surface area contributed by atoms with Gasteiger partial charge in [0, 0.05) is 11.1 Å². The van der Waals surface area contributed by atoms with Gasteiger partial charge in [-0.25, -0.2) is 9.59 Å². The van der Waals surface area contributed by atoms with E-state index in [1.165, 1.54) is 11.3 Å². The number of carboxylic acids is 1. The van der Waals surface area contributed by atoms with E-state index in [9.17, 15) is 9.59 Å². The smallest absolute Gasteiger partial charge is 0.326 e. The maximum absolute atomic E-state index is 11.5. The van der Waals surface area contributed by atoms with Crippen molar-refractivity contribution in [2.75, 3.05) is 0 Å². The molecule has 0 aliphatic carbocycles. The van der Waals surface area contributed by atoms with Crippen LogP contribution in [0.25, 0.3) is 0 Å². The molecule has 1 heterocycles. The second-order valence-electron chi connectivity index (χ2n) is 3.85. The molecular weight excluding hydrogens is 242 g/mol. The molecule has 0 bridgehead atoms. The average Bonchev–Trinajstić information content (AvgIpc) is 2.74. The van der Waals surface area contributed by atoms with Crippen LogP contribution in [0.1, 0.15) is 18.7 Å². The molecule has 0 aliphatic heterocycles. The van der Waals surface area contributed by atoms with Gasteiger partial charge in [-0.1, -0.05) is 13.8 Å². The van der Waals surface area contributed by atoms with Crippen molar-refractivity contribution in [2.24, 2.45) is 5.92 Å². The summed E-state index contributed by atoms with van der Waals surface area (Å²) in [6.07, 6.45) is 1.65. The van der Waals surface area contributed by atoms with E-state index in [0.717, 1.165) is 4.88 Å². The molecule has 2 amide bonds. The third-order valence-electron chi connectivity index (χ3n) is 2.13. The first-order valence-electron chi connectivity index (χ1n) is 5.15. The Balaban J connectivity index is 2.40. The van der Waals surface area contributed by atoms with Crippen LogP contribution in [0.5, 0.6) is 0 Å². The average molecular weight is 257 g/mol. The number of rotatable bonds is 5. The number of aliphatic carboxylic acids is 1. The van der Waals surface area contributed by atoms with E-state index < -0.39 is 18.0 Å². The van der Waals surface area contributed by atoms with E-state index in [1.54, 1.807) is 25.6 Å². The van der Waals surface area contributed by atoms with Crippen molar-refractivity contribution in [3.8, 4) is 0 Å². The Morgan fingerprint density at radius 3 is 2.71 bits per heavy atom. The highest BCUT2D eigenvalue weighted by molar-refractivity contribution is 7.09. The molecule has 94 valence electrons. The lowest BCUT2D eigenvalue weighted by Crippen LogP contribution is -2.48. The zero-order valence-electron chi connectivity index (χ0n) is 9.64. The molecule has 0 radical (unpaired) electrons. The van der Waals surface area contributed by atoms with Gasteiger partial charge < -0.3 is 15.7 Å². The molecule has 6 nitrogen and oxygen atoms in total. The van der Waals surface area contributed by atoms with Gasteiger partial charge in [-0.15, -0.1) is 11.3 Å². The summed E-state index contributed by atoms with van der Waals surface area (Å²) in [5, 5.41) is 13.9. The molecule has 1 atom stereocenters. The van der Waals surface area contributed by atoms with Crippen LogP contribution in [0.4, 0.5) is 4.79 Å². The molecule has 0 unspecified atom stereocenters. The summed E-state index contributed by atoms with van der Waals surface area (Å²) in [5.41, 5.74) is 1.67. The van der Waals surface area contributed by atoms with E-state index in [2.05, 4.69) is 15.6 Å². The number of urea groups is 1. The first kappa shape index (κ1) is 13.4. The van der Waals surface area contributed by atoms with Crippen molar-refractivity contribution in [3.05, 3.63) is 16.6 Å². The van der Waals surface area contributed by atoms with Gasteiger partial charge in [0.2, 0.25) is 0 Å². The van der Waals surface area contributed by atoms with Crippen molar-refractivity contribution in [1.82, 2.24) is 15.6 Å². The Kier molecular flexibility index (Phi) is 4.89. The van der Waals surface area contributed by atoms with Gasteiger partial charge >= 0.3 is 12.0 Å². The second-order valence-corrected chi connectivity index (χ2v) is 4.83. The van der Waals surface area contributed by atoms with Crippen LogP contribution in [-0.2, 0) is 11.3 Å². The quantitative estimate of drug-likeness (QED) is 0.735. The van der Waals surface area contributed by atoms with Crippen molar-refractivity contribution in [3.63, 3.8) is 0 Å². The number of carbonyl (C=O) groups is 2. The number of amides is 2. The van der Waals surface area contributed by atoms with E-state index in [4.69, 9.17) is 5.11 Å². The highest BCUT2D eigenvalue weighted by Crippen LogP contribution is 2.04. The predicted molar refractivity (Wildman–Crippen MR) is 63.7 cm³/mol. The molecule has 1 rings (SSSR count). The van der Waals surface area contributed by atoms with Crippen LogP contribution in [0.3, 0.4) is 0 Å². The zero-order valence-corrected chi connectivity index (χ0v) is 10.5. The van der Waals surface area contributed by atoms with E-state index in [0.29, 0.717) is 6.54 Å². The van der Waals surface area contributed by atoms with Crippen LogP contribution in [0.15, 0.2) is 11.7 Å². The van der Waals surface area contributed by atoms with Crippen LogP contribution < -0.4 is 10.6 Å². The molecule has 0 saturated carbocycles. The molecule has 0 saturated heterocycles. The summed E-state index contributed by atoms with van der Waals surface area (Å²) in [6.45, 7) is 3.82. The minimum atomic E-state index is -1.03. The number of hydrogen-bond donors (Lipinski definition) is 3. The first-order valence-corrected chi connectivity index (χ1v) is 6.03. The highest BCUT2D eigenvalue weighted by Gasteiger charge is 2.23. The van der Waals surface area contributed by atoms with Gasteiger partial charge in [0.1, 0.15) is 6.04 Å². The molecule has 0 fully saturated rings. The van der Waals surface area contributed by atoms with E-state index >= 15 is 0 Å². The number of hydrogen-bond acceptors (Lipinski definition) is 4. The minimum absolute atomic E-state index is 0.165. The van der Waals surface area contributed by atoms with Gasteiger partial charge in [0.15, 0.2) is 0 Å². The summed E-state index contributed by atoms with van der Waals surface area (Å²) >= 11 is 1.43. The van der Waals surface area contributed by atoms with E-state index in [-0.39, 0.29) is 5.92 Å². The maximum atomic E-state index is 11.5. The number of thiazole rings is 1. The van der Waals surface area contributed by atoms with Crippen LogP contribution in [0, 0.1) is 5.92 Å². The molecule has 1 aromatic rings. The van der Waals surface area contributed by atoms with Gasteiger partial charge in [0.25, 0.3) is 0 Å². The lowest BCUT2D eigenvalue weighted by Gasteiger charge is -2.17. The standard InChI is InChI=1S/C10H15N3O3S/c1-6(2)8(9(14)15)13-10(16)12-4-7-3-11-5-17-7/h3,5-6,8H,4H2,1-2H3,(H,14,15)(H2,12,13,16)/t8-/m1/s1. The third kappa shape index (κ3) is 4.39. The molecule has 1 aromatic heterocycles. The summed E-state index contributed by atoms with van der Waals surface area (Å²) in [4.78, 5) is 27.1. The number of aromatic nitrogens is 1. The molecule has 0 spiro atoms. The monoisotopic (exact) mass is 257 g/mol. The number of nitrogens with zero attached hydrogens (tertiary/aromatic N) is 1. The normalized spacial score (nSPS) is 12.2. The largest absolute Gasteiger partial charge is 0.480 e. The predicted octanol–water partition coefficient (Wildman–Crippen LogP) is 1.05. The van der Waals surface area contributed by atoms with Crippen molar-refractivity contribution >= 4 is 23.3 Å². The minimum Gasteiger partial charge on any atom is -0.480 e. The summed E-state index contributed by atoms with van der Waals surface area (Å²) in [7, 11) is 0. The Labute approximate surface area is 103 Å². The molecule has 3 N–H and O–H groups in total. The Hall–Kier alpha value is -1.63. The van der Waals surface area contributed by atoms with Gasteiger partial charge in [-0.2, -0.15) is 0 Å². The molecule has 17 heavy (non-hydrogen) atoms. The van der Waals surface area contributed by atoms with Gasteiger partial charge in [-0.05, 0) is 5.92 Å². The lowest BCUT2D eigenvalue weighted by atomic mass is 10.1. The zero-order chi connectivity index (χ0) is 12.8. The van der Waals surface area contributed by atoms with E-state index in [1.807, 2.05) is 0 Å². The summed E-state index contributed by atoms with van der Waals surface area (Å²) in [5.74, 6) is -1.20. The number of carboxylic acid groups (broad SMARTS) is 1. The lowest BCUT2D eigenvalue weighted by molar-refractivity contribution is -0.140. The van der Waals surface area contributed by atoms with Crippen LogP contribution >= 0.6 is 11.3 Å². The second kappa shape index (κ2) is 6.19. The van der Waals surface area contributed by atoms with Gasteiger partial charge in [0.05, 0.1) is 12.1 Å². The van der Waals surface area contributed by atoms with Gasteiger partial charge in [-0.3, -0.25) is 4.98 Å². The highest BCUT2D eigenvalue weighted by atomic mass is 32.1. The summed E-state index contributed by atoms with van der Waals surface area (Å²) in [6, 6.07) is -1.36. The summed E-state index contributed by atoms with van der Waals surface area (Å²) < 4.78 is 0. The SMILES string of the molecule is CC(C)[C@@H](NC(=O)NCc1cncs1)C(=O)O. The van der Waals surface area contributed by atoms with Crippen LogP contribution in [-0.4, -0.2) is 28.1 Å². The van der Waals surface area contributed by atoms with Crippen molar-refractivity contribution in [1.29, 1.82) is 0 Å². The molecule has 7 heteroatoms. The fourth-order valence-electron chi connectivity index (χ4n) is 1.20. The number of carbonyl (C=O) groups excluding carboxylic acids is 1. The molecule has 0 aliphatic rings. The number of nitrogens with one attached hydrogen (secondary N) is 2. The van der Waals surface area contributed by atoms with Crippen molar-refractivity contribution < 1.29 is 14.7 Å². The Morgan fingerprint density at radius 2 is 2.24 bits per heavy atom. The first-order chi connectivity index (χ1) is 8.00. The topological polar surface area (TPSA) is 91.3 Å².